The van der Waals surface area contributed by atoms with Crippen molar-refractivity contribution in [2.24, 2.45) is 0 Å². The topological polar surface area (TPSA) is 78.4 Å². The molecular formula is C41H74N2O3. The first-order chi connectivity index (χ1) is 22.6. The number of allylic oxidation sites excluding steroid dienone is 8. The predicted molar refractivity (Wildman–Crippen MR) is 201 cm³/mol. The molecule has 0 fully saturated rings. The zero-order valence-corrected chi connectivity index (χ0v) is 30.3. The van der Waals surface area contributed by atoms with E-state index in [1.54, 1.807) is 0 Å². The van der Waals surface area contributed by atoms with Crippen molar-refractivity contribution >= 4 is 12.0 Å². The monoisotopic (exact) mass is 643 g/mol. The predicted octanol–water partition coefficient (Wildman–Crippen LogP) is 12.5. The molecule has 5 nitrogen and oxygen atoms in total. The number of amides is 2. The van der Waals surface area contributed by atoms with E-state index < -0.39 is 5.97 Å². The first kappa shape index (κ1) is 43.7. The van der Waals surface area contributed by atoms with E-state index in [0.29, 0.717) is 13.0 Å². The zero-order valence-electron chi connectivity index (χ0n) is 30.3. The molecule has 0 bridgehead atoms. The first-order valence-electron chi connectivity index (χ1n) is 19.5. The molecule has 0 aromatic heterocycles. The molecule has 2 amide bonds. The maximum Gasteiger partial charge on any atom is 0.315 e. The molecule has 46 heavy (non-hydrogen) atoms. The Morgan fingerprint density at radius 1 is 0.543 bits per heavy atom. The van der Waals surface area contributed by atoms with E-state index in [9.17, 15) is 9.59 Å². The van der Waals surface area contributed by atoms with Crippen molar-refractivity contribution in [1.82, 2.24) is 10.6 Å². The van der Waals surface area contributed by atoms with Gasteiger partial charge in [-0.25, -0.2) is 4.79 Å². The van der Waals surface area contributed by atoms with Gasteiger partial charge in [0.15, 0.2) is 0 Å². The van der Waals surface area contributed by atoms with Gasteiger partial charge in [-0.15, -0.1) is 0 Å². The molecule has 0 aromatic carbocycles. The molecule has 0 aliphatic carbocycles. The average Bonchev–Trinajstić information content (AvgIpc) is 3.04. The number of urea groups is 1. The Morgan fingerprint density at radius 3 is 1.46 bits per heavy atom. The SMILES string of the molecule is CCCCC/C=C\C/C=C\CCCCCCCCC(CCCCCCCC/C=C\C=C\CCCCC)NC(=O)NCCCC(=O)O. The molecule has 0 aliphatic heterocycles. The minimum atomic E-state index is -0.820. The van der Waals surface area contributed by atoms with Gasteiger partial charge in [-0.1, -0.05) is 152 Å². The van der Waals surface area contributed by atoms with Crippen LogP contribution in [0.1, 0.15) is 187 Å². The second kappa shape index (κ2) is 37.2. The Balaban J connectivity index is 4.08. The fourth-order valence-electron chi connectivity index (χ4n) is 5.57. The van der Waals surface area contributed by atoms with E-state index >= 15 is 0 Å². The molecule has 0 saturated heterocycles. The van der Waals surface area contributed by atoms with Crippen LogP contribution in [0.25, 0.3) is 0 Å². The smallest absolute Gasteiger partial charge is 0.315 e. The third-order valence-corrected chi connectivity index (χ3v) is 8.47. The summed E-state index contributed by atoms with van der Waals surface area (Å²) in [6.07, 6.45) is 49.5. The number of carboxylic acids is 1. The van der Waals surface area contributed by atoms with Gasteiger partial charge in [0.25, 0.3) is 0 Å². The summed E-state index contributed by atoms with van der Waals surface area (Å²) >= 11 is 0. The highest BCUT2D eigenvalue weighted by molar-refractivity contribution is 5.74. The van der Waals surface area contributed by atoms with E-state index in [0.717, 1.165) is 32.1 Å². The lowest BCUT2D eigenvalue weighted by Gasteiger charge is -2.19. The van der Waals surface area contributed by atoms with Crippen molar-refractivity contribution in [2.45, 2.75) is 193 Å². The highest BCUT2D eigenvalue weighted by Gasteiger charge is 2.12. The number of nitrogens with one attached hydrogen (secondary N) is 2. The highest BCUT2D eigenvalue weighted by atomic mass is 16.4. The molecule has 266 valence electrons. The number of carbonyl (C=O) groups is 2. The second-order valence-corrected chi connectivity index (χ2v) is 13.0. The molecule has 0 heterocycles. The third-order valence-electron chi connectivity index (χ3n) is 8.47. The Kier molecular flexibility index (Phi) is 35.3. The van der Waals surface area contributed by atoms with Crippen molar-refractivity contribution < 1.29 is 14.7 Å². The molecular weight excluding hydrogens is 568 g/mol. The van der Waals surface area contributed by atoms with E-state index in [-0.39, 0.29) is 18.5 Å². The summed E-state index contributed by atoms with van der Waals surface area (Å²) in [5.41, 5.74) is 0. The molecule has 0 aliphatic rings. The van der Waals surface area contributed by atoms with Crippen LogP contribution in [0, 0.1) is 0 Å². The number of carboxylic acid groups (broad SMARTS) is 1. The van der Waals surface area contributed by atoms with Crippen LogP contribution in [-0.2, 0) is 4.79 Å². The summed E-state index contributed by atoms with van der Waals surface area (Å²) in [5.74, 6) is -0.820. The van der Waals surface area contributed by atoms with E-state index in [2.05, 4.69) is 73.1 Å². The lowest BCUT2D eigenvalue weighted by molar-refractivity contribution is -0.137. The van der Waals surface area contributed by atoms with Crippen LogP contribution in [0.5, 0.6) is 0 Å². The maximum atomic E-state index is 12.4. The highest BCUT2D eigenvalue weighted by Crippen LogP contribution is 2.15. The van der Waals surface area contributed by atoms with Crippen LogP contribution < -0.4 is 10.6 Å². The first-order valence-corrected chi connectivity index (χ1v) is 19.5. The van der Waals surface area contributed by atoms with Gasteiger partial charge in [-0.2, -0.15) is 0 Å². The van der Waals surface area contributed by atoms with Crippen LogP contribution in [0.15, 0.2) is 48.6 Å². The Morgan fingerprint density at radius 2 is 0.978 bits per heavy atom. The molecule has 0 spiro atoms. The van der Waals surface area contributed by atoms with Crippen molar-refractivity contribution in [2.75, 3.05) is 6.54 Å². The van der Waals surface area contributed by atoms with Gasteiger partial charge in [0.2, 0.25) is 0 Å². The van der Waals surface area contributed by atoms with Gasteiger partial charge in [-0.3, -0.25) is 4.79 Å². The fourth-order valence-corrected chi connectivity index (χ4v) is 5.57. The summed E-state index contributed by atoms with van der Waals surface area (Å²) in [7, 11) is 0. The number of hydrogen-bond acceptors (Lipinski definition) is 2. The summed E-state index contributed by atoms with van der Waals surface area (Å²) in [6.45, 7) is 4.90. The van der Waals surface area contributed by atoms with Gasteiger partial charge in [0.1, 0.15) is 0 Å². The number of hydrogen-bond donors (Lipinski definition) is 3. The van der Waals surface area contributed by atoms with E-state index in [4.69, 9.17) is 5.11 Å². The van der Waals surface area contributed by atoms with Crippen LogP contribution in [0.3, 0.4) is 0 Å². The quantitative estimate of drug-likeness (QED) is 0.0371. The minimum absolute atomic E-state index is 0.0863. The average molecular weight is 643 g/mol. The Labute approximate surface area is 285 Å². The molecule has 0 rings (SSSR count). The van der Waals surface area contributed by atoms with Crippen molar-refractivity contribution in [3.05, 3.63) is 48.6 Å². The van der Waals surface area contributed by atoms with E-state index in [1.807, 2.05) is 0 Å². The largest absolute Gasteiger partial charge is 0.481 e. The molecule has 1 unspecified atom stereocenters. The second-order valence-electron chi connectivity index (χ2n) is 13.0. The number of aliphatic carboxylic acids is 1. The van der Waals surface area contributed by atoms with Crippen LogP contribution >= 0.6 is 0 Å². The van der Waals surface area contributed by atoms with Gasteiger partial charge in [0.05, 0.1) is 0 Å². The van der Waals surface area contributed by atoms with Gasteiger partial charge in [-0.05, 0) is 77.0 Å². The van der Waals surface area contributed by atoms with Gasteiger partial charge >= 0.3 is 12.0 Å². The molecule has 3 N–H and O–H groups in total. The minimum Gasteiger partial charge on any atom is -0.481 e. The van der Waals surface area contributed by atoms with Crippen molar-refractivity contribution in [1.29, 1.82) is 0 Å². The Bertz CT molecular complexity index is 787. The van der Waals surface area contributed by atoms with Crippen LogP contribution in [-0.4, -0.2) is 29.7 Å². The molecule has 0 saturated carbocycles. The lowest BCUT2D eigenvalue weighted by atomic mass is 10.00. The van der Waals surface area contributed by atoms with Crippen molar-refractivity contribution in [3.63, 3.8) is 0 Å². The number of unbranched alkanes of at least 4 members (excludes halogenated alkanes) is 18. The number of carbonyl (C=O) groups excluding carboxylic acids is 1. The Hall–Kier alpha value is -2.30. The fraction of sp³-hybridized carbons (Fsp3) is 0.756. The van der Waals surface area contributed by atoms with Crippen LogP contribution in [0.2, 0.25) is 0 Å². The maximum absolute atomic E-state index is 12.4. The van der Waals surface area contributed by atoms with Crippen LogP contribution in [0.4, 0.5) is 4.79 Å². The summed E-state index contributed by atoms with van der Waals surface area (Å²) in [4.78, 5) is 23.2. The third kappa shape index (κ3) is 36.2. The molecule has 0 radical (unpaired) electrons. The zero-order chi connectivity index (χ0) is 33.6. The van der Waals surface area contributed by atoms with E-state index in [1.165, 1.54) is 128 Å². The summed E-state index contributed by atoms with van der Waals surface area (Å²) < 4.78 is 0. The molecule has 0 aromatic rings. The standard InChI is InChI=1S/C41H74N2O3/c1-3-5-7-9-11-13-15-17-19-21-23-25-27-29-31-33-36-39(43-41(46)42-38-34-37-40(44)45)35-32-30-28-26-24-22-20-18-16-14-12-10-8-6-4-2/h11-14,16-19,39H,3-10,15,20-38H2,1-2H3,(H,44,45)(H2,42,43,46)/b13-11-,14-12+,18-16-,19-17-. The summed E-state index contributed by atoms with van der Waals surface area (Å²) in [6, 6.07) is 0.0461. The molecule has 1 atom stereocenters. The molecule has 5 heteroatoms. The summed E-state index contributed by atoms with van der Waals surface area (Å²) in [5, 5.41) is 14.8. The lowest BCUT2D eigenvalue weighted by Crippen LogP contribution is -2.42. The van der Waals surface area contributed by atoms with Gasteiger partial charge in [0, 0.05) is 19.0 Å². The van der Waals surface area contributed by atoms with Crippen molar-refractivity contribution in [3.8, 4) is 0 Å². The normalized spacial score (nSPS) is 12.7. The van der Waals surface area contributed by atoms with Gasteiger partial charge < -0.3 is 15.7 Å². The number of rotatable bonds is 34.